The Morgan fingerprint density at radius 3 is 2.56 bits per heavy atom. The van der Waals surface area contributed by atoms with Crippen LogP contribution in [0.5, 0.6) is 5.75 Å². The van der Waals surface area contributed by atoms with Crippen molar-refractivity contribution in [3.05, 3.63) is 41.9 Å². The van der Waals surface area contributed by atoms with Gasteiger partial charge in [-0.2, -0.15) is 0 Å². The highest BCUT2D eigenvalue weighted by atomic mass is 16.5. The Kier molecular flexibility index (Phi) is 3.55. The summed E-state index contributed by atoms with van der Waals surface area (Å²) in [6, 6.07) is 8.30. The first kappa shape index (κ1) is 12.5. The summed E-state index contributed by atoms with van der Waals surface area (Å²) in [4.78, 5) is 4.28. The number of rotatable bonds is 4. The van der Waals surface area contributed by atoms with Crippen LogP contribution in [0.15, 0.2) is 30.5 Å². The van der Waals surface area contributed by atoms with E-state index in [1.165, 1.54) is 5.56 Å². The Morgan fingerprint density at radius 1 is 1.28 bits per heavy atom. The molecule has 4 heteroatoms. The van der Waals surface area contributed by atoms with Gasteiger partial charge in [0.25, 0.3) is 0 Å². The molecule has 4 nitrogen and oxygen atoms in total. The number of aryl methyl sites for hydroxylation is 1. The third-order valence-electron chi connectivity index (χ3n) is 2.77. The zero-order valence-electron chi connectivity index (χ0n) is 11.1. The molecule has 1 aromatic heterocycles. The van der Waals surface area contributed by atoms with Crippen LogP contribution in [-0.2, 0) is 6.61 Å². The molecule has 2 rings (SSSR count). The van der Waals surface area contributed by atoms with E-state index >= 15 is 0 Å². The summed E-state index contributed by atoms with van der Waals surface area (Å²) in [5.41, 5.74) is 6.94. The van der Waals surface area contributed by atoms with E-state index in [1.54, 1.807) is 0 Å². The largest absolute Gasteiger partial charge is 0.486 e. The molecule has 0 aliphatic heterocycles. The van der Waals surface area contributed by atoms with Crippen LogP contribution >= 0.6 is 0 Å². The molecule has 0 amide bonds. The van der Waals surface area contributed by atoms with Gasteiger partial charge in [-0.15, -0.1) is 0 Å². The minimum atomic E-state index is 0.325. The van der Waals surface area contributed by atoms with Gasteiger partial charge in [0.15, 0.2) is 0 Å². The highest BCUT2D eigenvalue weighted by Gasteiger charge is 2.09. The van der Waals surface area contributed by atoms with Gasteiger partial charge >= 0.3 is 0 Å². The van der Waals surface area contributed by atoms with Crippen molar-refractivity contribution in [2.24, 2.45) is 0 Å². The zero-order chi connectivity index (χ0) is 13.1. The molecule has 1 aromatic carbocycles. The van der Waals surface area contributed by atoms with E-state index in [0.29, 0.717) is 18.5 Å². The molecule has 2 aromatic rings. The minimum Gasteiger partial charge on any atom is -0.486 e. The number of hydrogen-bond donors (Lipinski definition) is 1. The lowest BCUT2D eigenvalue weighted by Gasteiger charge is -2.12. The Labute approximate surface area is 107 Å². The third-order valence-corrected chi connectivity index (χ3v) is 2.77. The molecule has 2 N–H and O–H groups in total. The van der Waals surface area contributed by atoms with Gasteiger partial charge in [-0.1, -0.05) is 17.7 Å². The average Bonchev–Trinajstić information content (AvgIpc) is 2.70. The topological polar surface area (TPSA) is 53.1 Å². The normalized spacial score (nSPS) is 10.9. The second-order valence-electron chi connectivity index (χ2n) is 4.68. The smallest absolute Gasteiger partial charge is 0.149 e. The molecule has 0 bridgehead atoms. The van der Waals surface area contributed by atoms with Crippen molar-refractivity contribution in [2.75, 3.05) is 5.73 Å². The van der Waals surface area contributed by atoms with Crippen molar-refractivity contribution >= 4 is 5.82 Å². The van der Waals surface area contributed by atoms with E-state index in [1.807, 2.05) is 35.0 Å². The first-order valence-corrected chi connectivity index (χ1v) is 6.09. The molecule has 0 fully saturated rings. The fourth-order valence-corrected chi connectivity index (χ4v) is 1.79. The van der Waals surface area contributed by atoms with Gasteiger partial charge in [0.2, 0.25) is 0 Å². The van der Waals surface area contributed by atoms with Gasteiger partial charge in [-0.25, -0.2) is 4.98 Å². The van der Waals surface area contributed by atoms with E-state index in [9.17, 15) is 0 Å². The second kappa shape index (κ2) is 5.12. The van der Waals surface area contributed by atoms with Crippen LogP contribution in [0.1, 0.15) is 31.3 Å². The Bertz CT molecular complexity index is 514. The summed E-state index contributed by atoms with van der Waals surface area (Å²) >= 11 is 0. The van der Waals surface area contributed by atoms with Crippen molar-refractivity contribution in [2.45, 2.75) is 33.4 Å². The molecule has 0 spiro atoms. The van der Waals surface area contributed by atoms with Gasteiger partial charge < -0.3 is 15.0 Å². The highest BCUT2D eigenvalue weighted by Crippen LogP contribution is 2.16. The summed E-state index contributed by atoms with van der Waals surface area (Å²) < 4.78 is 7.74. The van der Waals surface area contributed by atoms with Crippen molar-refractivity contribution in [3.63, 3.8) is 0 Å². The van der Waals surface area contributed by atoms with E-state index < -0.39 is 0 Å². The van der Waals surface area contributed by atoms with Crippen LogP contribution in [0.3, 0.4) is 0 Å². The molecule has 1 heterocycles. The van der Waals surface area contributed by atoms with Crippen molar-refractivity contribution in [1.29, 1.82) is 0 Å². The monoisotopic (exact) mass is 245 g/mol. The fraction of sp³-hybridized carbons (Fsp3) is 0.357. The number of hydrogen-bond acceptors (Lipinski definition) is 3. The van der Waals surface area contributed by atoms with E-state index in [0.717, 1.165) is 11.6 Å². The van der Waals surface area contributed by atoms with E-state index in [4.69, 9.17) is 10.5 Å². The molecule has 0 unspecified atom stereocenters. The zero-order valence-corrected chi connectivity index (χ0v) is 11.1. The van der Waals surface area contributed by atoms with Crippen LogP contribution in [0.4, 0.5) is 5.82 Å². The summed E-state index contributed by atoms with van der Waals surface area (Å²) in [6.45, 7) is 6.67. The predicted molar refractivity (Wildman–Crippen MR) is 72.5 cm³/mol. The Balaban J connectivity index is 2.08. The Morgan fingerprint density at radius 2 is 1.94 bits per heavy atom. The lowest BCUT2D eigenvalue weighted by molar-refractivity contribution is 0.286. The molecular formula is C14H19N3O. The van der Waals surface area contributed by atoms with Crippen LogP contribution in [0.2, 0.25) is 0 Å². The predicted octanol–water partition coefficient (Wildman–Crippen LogP) is 2.93. The molecule has 0 aliphatic rings. The van der Waals surface area contributed by atoms with Gasteiger partial charge in [0, 0.05) is 12.2 Å². The maximum Gasteiger partial charge on any atom is 0.149 e. The van der Waals surface area contributed by atoms with E-state index in [-0.39, 0.29) is 0 Å². The molecule has 0 atom stereocenters. The fourth-order valence-electron chi connectivity index (χ4n) is 1.79. The lowest BCUT2D eigenvalue weighted by Crippen LogP contribution is -2.08. The first-order valence-electron chi connectivity index (χ1n) is 6.09. The number of aromatic nitrogens is 2. The molecule has 96 valence electrons. The highest BCUT2D eigenvalue weighted by molar-refractivity contribution is 5.28. The van der Waals surface area contributed by atoms with Gasteiger partial charge in [0.1, 0.15) is 24.0 Å². The van der Waals surface area contributed by atoms with Gasteiger partial charge in [-0.05, 0) is 32.9 Å². The van der Waals surface area contributed by atoms with Crippen LogP contribution in [-0.4, -0.2) is 9.55 Å². The number of ether oxygens (including phenoxy) is 1. The SMILES string of the molecule is Cc1ccc(OCc2nc(N)cn2C(C)C)cc1. The molecule has 0 saturated heterocycles. The van der Waals surface area contributed by atoms with Gasteiger partial charge in [0.05, 0.1) is 0 Å². The van der Waals surface area contributed by atoms with E-state index in [2.05, 4.69) is 25.8 Å². The number of imidazole rings is 1. The summed E-state index contributed by atoms with van der Waals surface area (Å²) in [6.07, 6.45) is 1.85. The molecule has 0 saturated carbocycles. The first-order chi connectivity index (χ1) is 8.56. The third kappa shape index (κ3) is 2.83. The quantitative estimate of drug-likeness (QED) is 0.901. The van der Waals surface area contributed by atoms with Crippen molar-refractivity contribution < 1.29 is 4.74 Å². The Hall–Kier alpha value is -1.97. The standard InChI is InChI=1S/C14H19N3O/c1-10(2)17-8-13(15)16-14(17)9-18-12-6-4-11(3)5-7-12/h4-8,10H,9,15H2,1-3H3. The number of nitrogen functional groups attached to an aromatic ring is 1. The van der Waals surface area contributed by atoms with Crippen molar-refractivity contribution in [3.8, 4) is 5.75 Å². The van der Waals surface area contributed by atoms with Crippen molar-refractivity contribution in [1.82, 2.24) is 9.55 Å². The maximum absolute atomic E-state index is 5.72. The average molecular weight is 245 g/mol. The lowest BCUT2D eigenvalue weighted by atomic mass is 10.2. The second-order valence-corrected chi connectivity index (χ2v) is 4.68. The van der Waals surface area contributed by atoms with Gasteiger partial charge in [-0.3, -0.25) is 0 Å². The molecule has 0 radical (unpaired) electrons. The number of benzene rings is 1. The number of anilines is 1. The molecule has 18 heavy (non-hydrogen) atoms. The minimum absolute atomic E-state index is 0.325. The summed E-state index contributed by atoms with van der Waals surface area (Å²) in [7, 11) is 0. The maximum atomic E-state index is 5.72. The number of nitrogens with zero attached hydrogens (tertiary/aromatic N) is 2. The summed E-state index contributed by atoms with van der Waals surface area (Å²) in [5, 5.41) is 0. The van der Waals surface area contributed by atoms with Crippen LogP contribution in [0, 0.1) is 6.92 Å². The molecule has 0 aliphatic carbocycles. The van der Waals surface area contributed by atoms with Crippen LogP contribution < -0.4 is 10.5 Å². The molecular weight excluding hydrogens is 226 g/mol. The van der Waals surface area contributed by atoms with Crippen LogP contribution in [0.25, 0.3) is 0 Å². The number of nitrogens with two attached hydrogens (primary N) is 1. The summed E-state index contributed by atoms with van der Waals surface area (Å²) in [5.74, 6) is 2.23.